The summed E-state index contributed by atoms with van der Waals surface area (Å²) in [4.78, 5) is 35.1. The Labute approximate surface area is 222 Å². The Kier molecular flexibility index (Phi) is 8.32. The van der Waals surface area contributed by atoms with Gasteiger partial charge in [-0.1, -0.05) is 0 Å². The van der Waals surface area contributed by atoms with E-state index in [9.17, 15) is 24.9 Å². The van der Waals surface area contributed by atoms with Gasteiger partial charge in [0.15, 0.2) is 6.29 Å². The highest BCUT2D eigenvalue weighted by molar-refractivity contribution is 6.00. The van der Waals surface area contributed by atoms with Crippen molar-refractivity contribution in [2.24, 2.45) is 0 Å². The zero-order valence-corrected chi connectivity index (χ0v) is 23.1. The molecule has 0 aromatic carbocycles. The second-order valence-electron chi connectivity index (χ2n) is 11.1. The number of aliphatic hydroxyl groups is 3. The zero-order valence-electron chi connectivity index (χ0n) is 23.1. The van der Waals surface area contributed by atoms with Crippen molar-refractivity contribution in [3.8, 4) is 0 Å². The van der Waals surface area contributed by atoms with Crippen LogP contribution in [0.5, 0.6) is 0 Å². The van der Waals surface area contributed by atoms with Crippen LogP contribution >= 0.6 is 0 Å². The third-order valence-corrected chi connectivity index (χ3v) is 8.22. The topological polar surface area (TPSA) is 150 Å². The molecule has 13 heteroatoms. The summed E-state index contributed by atoms with van der Waals surface area (Å²) < 4.78 is 19.4. The van der Waals surface area contributed by atoms with E-state index in [2.05, 4.69) is 4.98 Å². The minimum absolute atomic E-state index is 0.209. The van der Waals surface area contributed by atoms with Gasteiger partial charge in [0, 0.05) is 6.20 Å². The maximum atomic E-state index is 13.0. The van der Waals surface area contributed by atoms with Crippen LogP contribution < -0.4 is 10.6 Å². The number of amides is 1. The Morgan fingerprint density at radius 2 is 1.82 bits per heavy atom. The molecule has 38 heavy (non-hydrogen) atoms. The van der Waals surface area contributed by atoms with Gasteiger partial charge in [0.2, 0.25) is 5.91 Å². The molecule has 3 N–H and O–H groups in total. The molecule has 9 unspecified atom stereocenters. The molecular weight excluding hydrogens is 498 g/mol. The first-order valence-electron chi connectivity index (χ1n) is 13.1. The maximum absolute atomic E-state index is 13.0. The van der Waals surface area contributed by atoms with Crippen LogP contribution in [0.1, 0.15) is 46.8 Å². The third kappa shape index (κ3) is 5.02. The second-order valence-corrected chi connectivity index (χ2v) is 11.1. The van der Waals surface area contributed by atoms with Crippen LogP contribution in [0.3, 0.4) is 0 Å². The van der Waals surface area contributed by atoms with E-state index in [4.69, 9.17) is 14.2 Å². The van der Waals surface area contributed by atoms with Gasteiger partial charge in [0.05, 0.1) is 36.6 Å². The molecule has 4 heterocycles. The van der Waals surface area contributed by atoms with Gasteiger partial charge < -0.3 is 34.4 Å². The van der Waals surface area contributed by atoms with Gasteiger partial charge in [-0.3, -0.25) is 19.2 Å². The summed E-state index contributed by atoms with van der Waals surface area (Å²) in [5.41, 5.74) is -1.34. The minimum Gasteiger partial charge on any atom is -0.394 e. The molecule has 13 nitrogen and oxygen atoms in total. The van der Waals surface area contributed by atoms with Crippen LogP contribution in [-0.2, 0) is 19.0 Å². The molecule has 9 atom stereocenters. The first kappa shape index (κ1) is 29.0. The molecule has 3 saturated heterocycles. The molecule has 3 aliphatic rings. The molecule has 0 saturated carbocycles. The fraction of sp³-hybridized carbons (Fsp3) is 0.800. The summed E-state index contributed by atoms with van der Waals surface area (Å²) in [6.07, 6.45) is -2.53. The second kappa shape index (κ2) is 10.9. The summed E-state index contributed by atoms with van der Waals surface area (Å²) in [6, 6.07) is 0.521. The largest absolute Gasteiger partial charge is 0.394 e. The number of carbonyl (C=O) groups excluding carboxylic acids is 1. The third-order valence-electron chi connectivity index (χ3n) is 8.22. The molecule has 0 spiro atoms. The lowest BCUT2D eigenvalue weighted by molar-refractivity contribution is -0.310. The number of ether oxygens (including phenoxy) is 3. The van der Waals surface area contributed by atoms with Crippen molar-refractivity contribution < 1.29 is 34.3 Å². The van der Waals surface area contributed by atoms with Gasteiger partial charge >= 0.3 is 5.69 Å². The number of carbonyl (C=O) groups is 1. The average molecular weight is 540 g/mol. The van der Waals surface area contributed by atoms with Crippen molar-refractivity contribution in [1.82, 2.24) is 19.4 Å². The van der Waals surface area contributed by atoms with Gasteiger partial charge in [0.1, 0.15) is 30.3 Å². The summed E-state index contributed by atoms with van der Waals surface area (Å²) >= 11 is 0. The Morgan fingerprint density at radius 3 is 2.37 bits per heavy atom. The summed E-state index contributed by atoms with van der Waals surface area (Å²) in [5.74, 6) is -0.114. The standard InChI is InChI=1S/C25H41N5O8/c1-13-16(38-23-21(33)20(32)19(27(5)6)14(2)37-23)8-9-18(36-13)29-11-10-17(26-24(29)35)30-22(34)15(12-31)28(7)25(30,3)4/h10-11,13-16,18-21,23,31-33H,8-9,12H2,1-7H3. The molecule has 0 aliphatic carbocycles. The van der Waals surface area contributed by atoms with Crippen molar-refractivity contribution in [3.63, 3.8) is 0 Å². The van der Waals surface area contributed by atoms with Crippen molar-refractivity contribution in [1.29, 1.82) is 0 Å². The van der Waals surface area contributed by atoms with E-state index in [0.29, 0.717) is 12.8 Å². The highest BCUT2D eigenvalue weighted by Gasteiger charge is 2.51. The minimum atomic E-state index is -1.22. The fourth-order valence-electron chi connectivity index (χ4n) is 5.82. The van der Waals surface area contributed by atoms with Crippen molar-refractivity contribution in [3.05, 3.63) is 22.7 Å². The lowest BCUT2D eigenvalue weighted by atomic mass is 9.96. The van der Waals surface area contributed by atoms with Crippen LogP contribution in [0.25, 0.3) is 0 Å². The fourth-order valence-corrected chi connectivity index (χ4v) is 5.82. The molecule has 4 rings (SSSR count). The van der Waals surface area contributed by atoms with Gasteiger partial charge in [-0.2, -0.15) is 4.98 Å². The Hall–Kier alpha value is -1.97. The van der Waals surface area contributed by atoms with E-state index < -0.39 is 54.3 Å². The van der Waals surface area contributed by atoms with Crippen LogP contribution in [0.2, 0.25) is 0 Å². The smallest absolute Gasteiger partial charge is 0.351 e. The number of likely N-dealkylation sites (N-methyl/N-ethyl adjacent to an activating group) is 2. The number of hydrogen-bond acceptors (Lipinski definition) is 11. The average Bonchev–Trinajstić information content (AvgIpc) is 3.01. The Morgan fingerprint density at radius 1 is 1.13 bits per heavy atom. The number of hydrogen-bond donors (Lipinski definition) is 3. The number of anilines is 1. The number of aromatic nitrogens is 2. The molecule has 0 radical (unpaired) electrons. The molecule has 0 bridgehead atoms. The van der Waals surface area contributed by atoms with Crippen molar-refractivity contribution >= 4 is 11.7 Å². The van der Waals surface area contributed by atoms with Gasteiger partial charge in [-0.05, 0) is 67.7 Å². The molecule has 1 aromatic heterocycles. The van der Waals surface area contributed by atoms with E-state index in [-0.39, 0.29) is 30.5 Å². The SMILES string of the molecule is CC1OC(n2ccc(N3C(=O)C(CO)N(C)C3(C)C)nc2=O)CCC1OC1OC(C)C(N(C)C)C(O)C1O. The Bertz CT molecular complexity index is 1070. The molecule has 214 valence electrons. The number of nitrogens with zero attached hydrogens (tertiary/aromatic N) is 5. The van der Waals surface area contributed by atoms with Crippen molar-refractivity contribution in [2.45, 2.75) is 101 Å². The summed E-state index contributed by atoms with van der Waals surface area (Å²) in [5, 5.41) is 30.9. The van der Waals surface area contributed by atoms with E-state index in [1.54, 1.807) is 24.2 Å². The van der Waals surface area contributed by atoms with E-state index in [1.807, 2.05) is 46.7 Å². The summed E-state index contributed by atoms with van der Waals surface area (Å²) in [6.45, 7) is 6.97. The van der Waals surface area contributed by atoms with Crippen LogP contribution in [0.4, 0.5) is 5.82 Å². The highest BCUT2D eigenvalue weighted by atomic mass is 16.7. The number of rotatable bonds is 6. The molecular formula is C25H41N5O8. The normalized spacial score (nSPS) is 38.2. The van der Waals surface area contributed by atoms with Crippen LogP contribution in [-0.4, -0.2) is 123 Å². The molecule has 3 aliphatic heterocycles. The van der Waals surface area contributed by atoms with Gasteiger partial charge in [-0.25, -0.2) is 4.79 Å². The van der Waals surface area contributed by atoms with Gasteiger partial charge in [-0.15, -0.1) is 0 Å². The molecule has 1 aromatic rings. The van der Waals surface area contributed by atoms with Crippen LogP contribution in [0, 0.1) is 0 Å². The number of aliphatic hydroxyl groups excluding tert-OH is 3. The van der Waals surface area contributed by atoms with E-state index in [1.165, 1.54) is 9.47 Å². The lowest BCUT2D eigenvalue weighted by Crippen LogP contribution is -2.62. The van der Waals surface area contributed by atoms with Crippen molar-refractivity contribution in [2.75, 3.05) is 32.6 Å². The van der Waals surface area contributed by atoms with E-state index >= 15 is 0 Å². The Balaban J connectivity index is 1.43. The van der Waals surface area contributed by atoms with Gasteiger partial charge in [0.25, 0.3) is 0 Å². The zero-order chi connectivity index (χ0) is 28.1. The maximum Gasteiger partial charge on any atom is 0.351 e. The summed E-state index contributed by atoms with van der Waals surface area (Å²) in [7, 11) is 5.38. The van der Waals surface area contributed by atoms with Crippen LogP contribution in [0.15, 0.2) is 17.1 Å². The van der Waals surface area contributed by atoms with E-state index in [0.717, 1.165) is 0 Å². The predicted molar refractivity (Wildman–Crippen MR) is 136 cm³/mol. The lowest BCUT2D eigenvalue weighted by Gasteiger charge is -2.46. The molecule has 3 fully saturated rings. The molecule has 1 amide bonds. The first-order chi connectivity index (χ1) is 17.8. The predicted octanol–water partition coefficient (Wildman–Crippen LogP) is -0.902. The first-order valence-corrected chi connectivity index (χ1v) is 13.1. The quantitative estimate of drug-likeness (QED) is 0.413. The highest BCUT2D eigenvalue weighted by Crippen LogP contribution is 2.35. The monoisotopic (exact) mass is 539 g/mol.